The van der Waals surface area contributed by atoms with E-state index in [9.17, 15) is 4.79 Å². The fraction of sp³-hybridized carbons (Fsp3) is 0.688. The minimum atomic E-state index is 0.167. The summed E-state index contributed by atoms with van der Waals surface area (Å²) in [6.45, 7) is 9.19. The van der Waals surface area contributed by atoms with Gasteiger partial charge in [-0.2, -0.15) is 0 Å². The van der Waals surface area contributed by atoms with Gasteiger partial charge in [0.05, 0.1) is 0 Å². The van der Waals surface area contributed by atoms with Crippen molar-refractivity contribution in [1.29, 1.82) is 0 Å². The van der Waals surface area contributed by atoms with Crippen LogP contribution in [0.5, 0.6) is 0 Å². The van der Waals surface area contributed by atoms with Crippen LogP contribution in [0.2, 0.25) is 0 Å². The summed E-state index contributed by atoms with van der Waals surface area (Å²) in [5.41, 5.74) is 0.799. The Hall–Kier alpha value is -0.810. The lowest BCUT2D eigenvalue weighted by molar-refractivity contribution is 0.0620. The van der Waals surface area contributed by atoms with Crippen molar-refractivity contribution in [2.75, 3.05) is 32.7 Å². The fourth-order valence-corrected chi connectivity index (χ4v) is 3.44. The lowest BCUT2D eigenvalue weighted by Gasteiger charge is -2.35. The third-order valence-corrected chi connectivity index (χ3v) is 4.90. The van der Waals surface area contributed by atoms with E-state index in [1.165, 1.54) is 19.4 Å². The van der Waals surface area contributed by atoms with Gasteiger partial charge < -0.3 is 9.47 Å². The highest BCUT2D eigenvalue weighted by atomic mass is 79.9. The van der Waals surface area contributed by atoms with Crippen molar-refractivity contribution in [3.63, 3.8) is 0 Å². The Kier molecular flexibility index (Phi) is 4.41. The number of piperazine rings is 1. The Bertz CT molecular complexity index is 514. The summed E-state index contributed by atoms with van der Waals surface area (Å²) >= 11 is 3.49. The highest BCUT2D eigenvalue weighted by Gasteiger charge is 2.29. The van der Waals surface area contributed by atoms with Gasteiger partial charge in [-0.1, -0.05) is 0 Å². The van der Waals surface area contributed by atoms with Crippen molar-refractivity contribution in [2.24, 2.45) is 5.92 Å². The van der Waals surface area contributed by atoms with Gasteiger partial charge in [-0.3, -0.25) is 9.69 Å². The molecule has 4 nitrogen and oxygen atoms in total. The fourth-order valence-electron chi connectivity index (χ4n) is 3.01. The van der Waals surface area contributed by atoms with Gasteiger partial charge in [0, 0.05) is 49.4 Å². The molecule has 0 spiro atoms. The summed E-state index contributed by atoms with van der Waals surface area (Å²) < 4.78 is 3.04. The topological polar surface area (TPSA) is 28.5 Å². The molecule has 116 valence electrons. The predicted octanol–water partition coefficient (Wildman–Crippen LogP) is 3.00. The van der Waals surface area contributed by atoms with Crippen LogP contribution in [0.3, 0.4) is 0 Å². The Morgan fingerprint density at radius 3 is 2.52 bits per heavy atom. The molecule has 0 atom stereocenters. The number of nitrogens with zero attached hydrogens (tertiary/aromatic N) is 3. The summed E-state index contributed by atoms with van der Waals surface area (Å²) in [5.74, 6) is 1.10. The van der Waals surface area contributed by atoms with E-state index >= 15 is 0 Å². The monoisotopic (exact) mass is 353 g/mol. The highest BCUT2D eigenvalue weighted by Crippen LogP contribution is 2.30. The van der Waals surface area contributed by atoms with Crippen LogP contribution in [0.15, 0.2) is 16.7 Å². The summed E-state index contributed by atoms with van der Waals surface area (Å²) in [6, 6.07) is 2.24. The van der Waals surface area contributed by atoms with Crippen molar-refractivity contribution in [3.05, 3.63) is 22.4 Å². The molecule has 21 heavy (non-hydrogen) atoms. The summed E-state index contributed by atoms with van der Waals surface area (Å²) in [4.78, 5) is 17.3. The smallest absolute Gasteiger partial charge is 0.270 e. The molecule has 0 unspecified atom stereocenters. The Labute approximate surface area is 135 Å². The molecule has 2 heterocycles. The van der Waals surface area contributed by atoms with E-state index < -0.39 is 0 Å². The molecule has 1 amide bonds. The van der Waals surface area contributed by atoms with Crippen LogP contribution in [-0.4, -0.2) is 53.0 Å². The van der Waals surface area contributed by atoms with Crippen LogP contribution >= 0.6 is 15.9 Å². The lowest BCUT2D eigenvalue weighted by atomic mass is 10.2. The zero-order valence-electron chi connectivity index (χ0n) is 12.9. The van der Waals surface area contributed by atoms with Gasteiger partial charge in [0.2, 0.25) is 0 Å². The molecule has 2 aliphatic rings. The molecular formula is C16H24BrN3O. The van der Waals surface area contributed by atoms with Crippen molar-refractivity contribution in [1.82, 2.24) is 14.4 Å². The number of hydrogen-bond acceptors (Lipinski definition) is 2. The molecule has 0 N–H and O–H groups in total. The molecule has 1 aromatic rings. The first kappa shape index (κ1) is 15.1. The first-order valence-electron chi connectivity index (χ1n) is 7.93. The van der Waals surface area contributed by atoms with Gasteiger partial charge in [0.15, 0.2) is 0 Å². The van der Waals surface area contributed by atoms with Crippen LogP contribution in [0.25, 0.3) is 0 Å². The Balaban J connectivity index is 1.63. The maximum absolute atomic E-state index is 12.7. The van der Waals surface area contributed by atoms with Gasteiger partial charge >= 0.3 is 0 Å². The largest absolute Gasteiger partial charge is 0.340 e. The summed E-state index contributed by atoms with van der Waals surface area (Å²) in [5, 5.41) is 0. The van der Waals surface area contributed by atoms with Crippen molar-refractivity contribution in [2.45, 2.75) is 32.7 Å². The number of carbonyl (C=O) groups excluding carboxylic acids is 1. The van der Waals surface area contributed by atoms with E-state index in [-0.39, 0.29) is 5.91 Å². The van der Waals surface area contributed by atoms with Crippen molar-refractivity contribution >= 4 is 21.8 Å². The number of carbonyl (C=O) groups is 1. The lowest BCUT2D eigenvalue weighted by Crippen LogP contribution is -2.49. The molecule has 1 aromatic heterocycles. The number of aromatic nitrogens is 1. The zero-order chi connectivity index (χ0) is 15.0. The minimum absolute atomic E-state index is 0.167. The molecule has 1 saturated carbocycles. The standard InChI is InChI=1S/C16H24BrN3O/c1-12(2)20-11-14(17)9-15(20)16(21)19-7-5-18(6-8-19)10-13-3-4-13/h9,11-13H,3-8,10H2,1-2H3. The number of halogens is 1. The molecule has 2 fully saturated rings. The summed E-state index contributed by atoms with van der Waals surface area (Å²) in [7, 11) is 0. The van der Waals surface area contributed by atoms with E-state index in [1.807, 2.05) is 17.2 Å². The number of hydrogen-bond donors (Lipinski definition) is 0. The van der Waals surface area contributed by atoms with Gasteiger partial charge in [-0.05, 0) is 54.6 Å². The van der Waals surface area contributed by atoms with Crippen LogP contribution in [0, 0.1) is 5.92 Å². The maximum Gasteiger partial charge on any atom is 0.270 e. The van der Waals surface area contributed by atoms with E-state index in [4.69, 9.17) is 0 Å². The average molecular weight is 354 g/mol. The first-order chi connectivity index (χ1) is 10.0. The van der Waals surface area contributed by atoms with E-state index in [0.29, 0.717) is 6.04 Å². The molecule has 1 aliphatic heterocycles. The molecule has 0 aromatic carbocycles. The molecule has 0 bridgehead atoms. The first-order valence-corrected chi connectivity index (χ1v) is 8.73. The van der Waals surface area contributed by atoms with E-state index in [0.717, 1.165) is 42.3 Å². The molecular weight excluding hydrogens is 330 g/mol. The van der Waals surface area contributed by atoms with Crippen molar-refractivity contribution < 1.29 is 4.79 Å². The predicted molar refractivity (Wildman–Crippen MR) is 87.6 cm³/mol. The van der Waals surface area contributed by atoms with Gasteiger partial charge in [0.25, 0.3) is 5.91 Å². The SMILES string of the molecule is CC(C)n1cc(Br)cc1C(=O)N1CCN(CC2CC2)CC1. The number of rotatable bonds is 4. The van der Waals surface area contributed by atoms with Gasteiger partial charge in [-0.25, -0.2) is 0 Å². The maximum atomic E-state index is 12.7. The molecule has 0 radical (unpaired) electrons. The summed E-state index contributed by atoms with van der Waals surface area (Å²) in [6.07, 6.45) is 4.80. The number of amides is 1. The second kappa shape index (κ2) is 6.13. The molecule has 1 saturated heterocycles. The third-order valence-electron chi connectivity index (χ3n) is 4.46. The van der Waals surface area contributed by atoms with Crippen molar-refractivity contribution in [3.8, 4) is 0 Å². The van der Waals surface area contributed by atoms with Gasteiger partial charge in [0.1, 0.15) is 5.69 Å². The van der Waals surface area contributed by atoms with E-state index in [2.05, 4.69) is 39.2 Å². The Morgan fingerprint density at radius 1 is 1.29 bits per heavy atom. The van der Waals surface area contributed by atoms with Crippen LogP contribution < -0.4 is 0 Å². The van der Waals surface area contributed by atoms with Crippen LogP contribution in [0.1, 0.15) is 43.2 Å². The normalized spacial score (nSPS) is 20.3. The van der Waals surface area contributed by atoms with Crippen LogP contribution in [-0.2, 0) is 0 Å². The second-order valence-corrected chi connectivity index (χ2v) is 7.50. The quantitative estimate of drug-likeness (QED) is 0.832. The average Bonchev–Trinajstić information content (AvgIpc) is 3.18. The molecule has 5 heteroatoms. The molecule has 3 rings (SSSR count). The minimum Gasteiger partial charge on any atom is -0.340 e. The Morgan fingerprint density at radius 2 is 1.95 bits per heavy atom. The highest BCUT2D eigenvalue weighted by molar-refractivity contribution is 9.10. The molecule has 1 aliphatic carbocycles. The van der Waals surface area contributed by atoms with Crippen LogP contribution in [0.4, 0.5) is 0 Å². The second-order valence-electron chi connectivity index (χ2n) is 6.58. The van der Waals surface area contributed by atoms with E-state index in [1.54, 1.807) is 0 Å². The third kappa shape index (κ3) is 3.51. The van der Waals surface area contributed by atoms with Gasteiger partial charge in [-0.15, -0.1) is 0 Å². The zero-order valence-corrected chi connectivity index (χ0v) is 14.5.